The Bertz CT molecular complexity index is 964. The second-order valence-electron chi connectivity index (χ2n) is 5.94. The molecule has 3 rings (SSSR count). The van der Waals surface area contributed by atoms with Crippen molar-refractivity contribution in [3.8, 4) is 22.6 Å². The Kier molecular flexibility index (Phi) is 6.34. The van der Waals surface area contributed by atoms with Crippen molar-refractivity contribution in [3.05, 3.63) is 71.5 Å². The van der Waals surface area contributed by atoms with Crippen LogP contribution in [-0.4, -0.2) is 25.2 Å². The Morgan fingerprint density at radius 2 is 1.82 bits per heavy atom. The summed E-state index contributed by atoms with van der Waals surface area (Å²) in [6.07, 6.45) is 3.54. The predicted octanol–water partition coefficient (Wildman–Crippen LogP) is 4.74. The summed E-state index contributed by atoms with van der Waals surface area (Å²) < 4.78 is 10.4. The molecule has 0 atom stereocenters. The molecule has 3 aromatic rings. The van der Waals surface area contributed by atoms with Gasteiger partial charge in [0.15, 0.2) is 0 Å². The van der Waals surface area contributed by atoms with E-state index in [1.54, 1.807) is 24.5 Å². The van der Waals surface area contributed by atoms with Crippen LogP contribution in [0, 0.1) is 0 Å². The molecule has 2 N–H and O–H groups in total. The van der Waals surface area contributed by atoms with Crippen molar-refractivity contribution in [3.63, 3.8) is 0 Å². The fraction of sp³-hybridized carbons (Fsp3) is 0.143. The van der Waals surface area contributed by atoms with Gasteiger partial charge >= 0.3 is 6.03 Å². The summed E-state index contributed by atoms with van der Waals surface area (Å²) in [5.41, 5.74) is 3.48. The highest BCUT2D eigenvalue weighted by atomic mass is 35.5. The number of ether oxygens (including phenoxy) is 2. The van der Waals surface area contributed by atoms with Crippen molar-refractivity contribution in [1.82, 2.24) is 10.3 Å². The van der Waals surface area contributed by atoms with Crippen molar-refractivity contribution < 1.29 is 14.3 Å². The first-order valence-electron chi connectivity index (χ1n) is 8.56. The summed E-state index contributed by atoms with van der Waals surface area (Å²) in [5.74, 6) is 0.923. The zero-order chi connectivity index (χ0) is 19.9. The highest BCUT2D eigenvalue weighted by molar-refractivity contribution is 6.32. The number of halogens is 1. The molecule has 0 fully saturated rings. The van der Waals surface area contributed by atoms with Crippen molar-refractivity contribution in [2.24, 2.45) is 0 Å². The summed E-state index contributed by atoms with van der Waals surface area (Å²) in [6, 6.07) is 14.6. The van der Waals surface area contributed by atoms with Gasteiger partial charge in [0.1, 0.15) is 11.5 Å². The van der Waals surface area contributed by atoms with Crippen LogP contribution in [-0.2, 0) is 6.54 Å². The number of benzene rings is 2. The predicted molar refractivity (Wildman–Crippen MR) is 110 cm³/mol. The highest BCUT2D eigenvalue weighted by Gasteiger charge is 2.12. The lowest BCUT2D eigenvalue weighted by Gasteiger charge is -2.14. The number of aromatic nitrogens is 1. The molecule has 0 saturated heterocycles. The first kappa shape index (κ1) is 19.5. The number of carbonyl (C=O) groups excluding carboxylic acids is 1. The van der Waals surface area contributed by atoms with Crippen LogP contribution in [0.15, 0.2) is 60.9 Å². The molecule has 1 aromatic heterocycles. The van der Waals surface area contributed by atoms with E-state index < -0.39 is 0 Å². The number of amides is 2. The van der Waals surface area contributed by atoms with Gasteiger partial charge in [0.05, 0.1) is 24.9 Å². The van der Waals surface area contributed by atoms with E-state index in [9.17, 15) is 4.79 Å². The molecule has 2 aromatic carbocycles. The number of rotatable bonds is 6. The van der Waals surface area contributed by atoms with E-state index in [0.29, 0.717) is 28.8 Å². The zero-order valence-corrected chi connectivity index (χ0v) is 16.3. The molecule has 0 aliphatic rings. The van der Waals surface area contributed by atoms with Gasteiger partial charge < -0.3 is 20.1 Å². The number of hydrogen-bond donors (Lipinski definition) is 2. The molecule has 2 amide bonds. The van der Waals surface area contributed by atoms with Crippen LogP contribution in [0.1, 0.15) is 5.56 Å². The fourth-order valence-corrected chi connectivity index (χ4v) is 2.94. The minimum absolute atomic E-state index is 0.367. The van der Waals surface area contributed by atoms with Gasteiger partial charge in [-0.05, 0) is 34.9 Å². The van der Waals surface area contributed by atoms with E-state index in [-0.39, 0.29) is 6.03 Å². The Morgan fingerprint density at radius 1 is 1.04 bits per heavy atom. The number of urea groups is 1. The Hall–Kier alpha value is -3.25. The van der Waals surface area contributed by atoms with Crippen molar-refractivity contribution in [2.45, 2.75) is 6.54 Å². The standard InChI is InChI=1S/C21H20ClN3O3/c1-27-19-11-20(28-2)18(10-17(19)22)25-21(26)24-12-14-5-3-6-15(9-14)16-7-4-8-23-13-16/h3-11,13H,12H2,1-2H3,(H2,24,25,26). The van der Waals surface area contributed by atoms with Crippen LogP contribution in [0.3, 0.4) is 0 Å². The maximum absolute atomic E-state index is 12.3. The highest BCUT2D eigenvalue weighted by Crippen LogP contribution is 2.35. The van der Waals surface area contributed by atoms with E-state index in [1.165, 1.54) is 14.2 Å². The summed E-state index contributed by atoms with van der Waals surface area (Å²) in [6.45, 7) is 0.367. The number of hydrogen-bond acceptors (Lipinski definition) is 4. The first-order valence-corrected chi connectivity index (χ1v) is 8.94. The first-order chi connectivity index (χ1) is 13.6. The third kappa shape index (κ3) is 4.72. The van der Waals surface area contributed by atoms with Crippen LogP contribution < -0.4 is 20.1 Å². The lowest BCUT2D eigenvalue weighted by atomic mass is 10.0. The lowest BCUT2D eigenvalue weighted by Crippen LogP contribution is -2.28. The Labute approximate surface area is 168 Å². The number of nitrogens with zero attached hydrogens (tertiary/aromatic N) is 1. The van der Waals surface area contributed by atoms with Gasteiger partial charge in [-0.1, -0.05) is 35.9 Å². The second kappa shape index (κ2) is 9.10. The van der Waals surface area contributed by atoms with Gasteiger partial charge in [0.25, 0.3) is 0 Å². The topological polar surface area (TPSA) is 72.5 Å². The van der Waals surface area contributed by atoms with E-state index in [1.807, 2.05) is 36.4 Å². The summed E-state index contributed by atoms with van der Waals surface area (Å²) in [7, 11) is 3.02. The number of nitrogens with one attached hydrogen (secondary N) is 2. The molecule has 144 valence electrons. The molecule has 0 saturated carbocycles. The Morgan fingerprint density at radius 3 is 2.54 bits per heavy atom. The van der Waals surface area contributed by atoms with Gasteiger partial charge in [0.2, 0.25) is 0 Å². The van der Waals surface area contributed by atoms with Crippen LogP contribution in [0.5, 0.6) is 11.5 Å². The van der Waals surface area contributed by atoms with E-state index in [0.717, 1.165) is 16.7 Å². The molecular weight excluding hydrogens is 378 g/mol. The van der Waals surface area contributed by atoms with Crippen LogP contribution in [0.2, 0.25) is 5.02 Å². The SMILES string of the molecule is COc1cc(OC)c(NC(=O)NCc2cccc(-c3cccnc3)c2)cc1Cl. The molecule has 0 radical (unpaired) electrons. The average molecular weight is 398 g/mol. The molecular formula is C21H20ClN3O3. The molecule has 6 nitrogen and oxygen atoms in total. The molecule has 0 aliphatic carbocycles. The third-order valence-corrected chi connectivity index (χ3v) is 4.39. The monoisotopic (exact) mass is 397 g/mol. The molecule has 0 unspecified atom stereocenters. The minimum atomic E-state index is -0.369. The molecule has 0 bridgehead atoms. The zero-order valence-electron chi connectivity index (χ0n) is 15.5. The van der Waals surface area contributed by atoms with Crippen LogP contribution in [0.4, 0.5) is 10.5 Å². The van der Waals surface area contributed by atoms with Gasteiger partial charge in [-0.3, -0.25) is 4.98 Å². The van der Waals surface area contributed by atoms with Gasteiger partial charge in [-0.25, -0.2) is 4.79 Å². The average Bonchev–Trinajstić information content (AvgIpc) is 2.73. The van der Waals surface area contributed by atoms with E-state index in [4.69, 9.17) is 21.1 Å². The summed E-state index contributed by atoms with van der Waals surface area (Å²) >= 11 is 6.13. The third-order valence-electron chi connectivity index (χ3n) is 4.10. The number of carbonyl (C=O) groups is 1. The van der Waals surface area contributed by atoms with Gasteiger partial charge in [-0.15, -0.1) is 0 Å². The van der Waals surface area contributed by atoms with E-state index >= 15 is 0 Å². The molecule has 28 heavy (non-hydrogen) atoms. The van der Waals surface area contributed by atoms with Crippen LogP contribution in [0.25, 0.3) is 11.1 Å². The molecule has 7 heteroatoms. The molecule has 0 aliphatic heterocycles. The van der Waals surface area contributed by atoms with Gasteiger partial charge in [-0.2, -0.15) is 0 Å². The number of anilines is 1. The fourth-order valence-electron chi connectivity index (χ4n) is 2.70. The van der Waals surface area contributed by atoms with Crippen LogP contribution >= 0.6 is 11.6 Å². The maximum Gasteiger partial charge on any atom is 0.319 e. The molecule has 1 heterocycles. The second-order valence-corrected chi connectivity index (χ2v) is 6.34. The van der Waals surface area contributed by atoms with E-state index in [2.05, 4.69) is 15.6 Å². The molecule has 0 spiro atoms. The normalized spacial score (nSPS) is 10.2. The quantitative estimate of drug-likeness (QED) is 0.630. The number of methoxy groups -OCH3 is 2. The van der Waals surface area contributed by atoms with Crippen molar-refractivity contribution >= 4 is 23.3 Å². The van der Waals surface area contributed by atoms with Crippen molar-refractivity contribution in [2.75, 3.05) is 19.5 Å². The maximum atomic E-state index is 12.3. The van der Waals surface area contributed by atoms with Gasteiger partial charge in [0, 0.05) is 25.0 Å². The minimum Gasteiger partial charge on any atom is -0.495 e. The summed E-state index contributed by atoms with van der Waals surface area (Å²) in [4.78, 5) is 16.4. The summed E-state index contributed by atoms with van der Waals surface area (Å²) in [5, 5.41) is 5.95. The Balaban J connectivity index is 1.66. The van der Waals surface area contributed by atoms with Crippen molar-refractivity contribution in [1.29, 1.82) is 0 Å². The smallest absolute Gasteiger partial charge is 0.319 e. The number of pyridine rings is 1. The lowest BCUT2D eigenvalue weighted by molar-refractivity contribution is 0.251. The largest absolute Gasteiger partial charge is 0.495 e.